The predicted molar refractivity (Wildman–Crippen MR) is 67.0 cm³/mol. The van der Waals surface area contributed by atoms with Gasteiger partial charge in [0.15, 0.2) is 9.84 Å². The Hall–Kier alpha value is -0.170. The van der Waals surface area contributed by atoms with Gasteiger partial charge in [0, 0.05) is 26.4 Å². The average Bonchev–Trinajstić information content (AvgIpc) is 2.30. The lowest BCUT2D eigenvalue weighted by Gasteiger charge is -2.25. The first kappa shape index (κ1) is 14.9. The van der Waals surface area contributed by atoms with E-state index in [1.54, 1.807) is 7.11 Å². The van der Waals surface area contributed by atoms with Crippen LogP contribution in [0.1, 0.15) is 19.8 Å². The molecular formula is C11H23NO4S. The Morgan fingerprint density at radius 3 is 2.59 bits per heavy atom. The normalized spacial score (nSPS) is 20.4. The molecule has 1 N–H and O–H groups in total. The monoisotopic (exact) mass is 265 g/mol. The summed E-state index contributed by atoms with van der Waals surface area (Å²) in [6.45, 7) is 4.25. The highest BCUT2D eigenvalue weighted by atomic mass is 32.2. The van der Waals surface area contributed by atoms with E-state index in [0.717, 1.165) is 6.54 Å². The Morgan fingerprint density at radius 1 is 1.41 bits per heavy atom. The molecule has 0 spiro atoms. The summed E-state index contributed by atoms with van der Waals surface area (Å²) in [6.07, 6.45) is 1.24. The van der Waals surface area contributed by atoms with Crippen LogP contribution in [-0.4, -0.2) is 58.9 Å². The molecule has 5 nitrogen and oxygen atoms in total. The lowest BCUT2D eigenvalue weighted by atomic mass is 10.2. The molecule has 1 unspecified atom stereocenters. The van der Waals surface area contributed by atoms with Crippen molar-refractivity contribution < 1.29 is 17.9 Å². The molecule has 0 saturated carbocycles. The smallest absolute Gasteiger partial charge is 0.154 e. The molecule has 17 heavy (non-hydrogen) atoms. The average molecular weight is 265 g/mol. The zero-order valence-corrected chi connectivity index (χ0v) is 11.5. The van der Waals surface area contributed by atoms with E-state index in [9.17, 15) is 8.42 Å². The van der Waals surface area contributed by atoms with Gasteiger partial charge in [-0.3, -0.25) is 0 Å². The minimum absolute atomic E-state index is 0.113. The lowest BCUT2D eigenvalue weighted by molar-refractivity contribution is 0.0982. The maximum atomic E-state index is 12.2. The van der Waals surface area contributed by atoms with E-state index < -0.39 is 9.84 Å². The first-order valence-corrected chi connectivity index (χ1v) is 7.83. The maximum absolute atomic E-state index is 12.2. The van der Waals surface area contributed by atoms with Crippen LogP contribution in [0.2, 0.25) is 0 Å². The summed E-state index contributed by atoms with van der Waals surface area (Å²) in [6, 6.07) is -0.113. The van der Waals surface area contributed by atoms with Crippen LogP contribution in [0.15, 0.2) is 0 Å². The highest BCUT2D eigenvalue weighted by molar-refractivity contribution is 7.92. The summed E-state index contributed by atoms with van der Waals surface area (Å²) in [5.74, 6) is 0.152. The minimum atomic E-state index is -3.05. The molecule has 1 rings (SSSR count). The molecule has 0 bridgehead atoms. The number of sulfone groups is 1. The number of ether oxygens (including phenoxy) is 2. The SMILES string of the molecule is CCNC(COC)CS(=O)(=O)C1CCOCC1. The lowest BCUT2D eigenvalue weighted by Crippen LogP contribution is -2.42. The van der Waals surface area contributed by atoms with Crippen molar-refractivity contribution >= 4 is 9.84 Å². The van der Waals surface area contributed by atoms with Crippen molar-refractivity contribution in [2.24, 2.45) is 0 Å². The van der Waals surface area contributed by atoms with Gasteiger partial charge in [0.2, 0.25) is 0 Å². The molecule has 1 aliphatic heterocycles. The number of nitrogens with one attached hydrogen (secondary N) is 1. The van der Waals surface area contributed by atoms with E-state index in [1.807, 2.05) is 6.92 Å². The fourth-order valence-electron chi connectivity index (χ4n) is 2.11. The van der Waals surface area contributed by atoms with E-state index in [2.05, 4.69) is 5.32 Å². The van der Waals surface area contributed by atoms with Crippen LogP contribution in [-0.2, 0) is 19.3 Å². The number of hydrogen-bond acceptors (Lipinski definition) is 5. The zero-order chi connectivity index (χ0) is 12.7. The van der Waals surface area contributed by atoms with E-state index >= 15 is 0 Å². The maximum Gasteiger partial charge on any atom is 0.154 e. The van der Waals surface area contributed by atoms with Gasteiger partial charge in [0.05, 0.1) is 17.6 Å². The number of methoxy groups -OCH3 is 1. The van der Waals surface area contributed by atoms with Gasteiger partial charge in [-0.25, -0.2) is 8.42 Å². The molecule has 0 aromatic rings. The predicted octanol–water partition coefficient (Wildman–Crippen LogP) is 0.205. The van der Waals surface area contributed by atoms with E-state index in [-0.39, 0.29) is 17.0 Å². The summed E-state index contributed by atoms with van der Waals surface area (Å²) in [5.41, 5.74) is 0. The molecule has 1 fully saturated rings. The Balaban J connectivity index is 2.55. The third kappa shape index (κ3) is 4.91. The Labute approximate surface area is 104 Å². The fourth-order valence-corrected chi connectivity index (χ4v) is 4.07. The van der Waals surface area contributed by atoms with E-state index in [1.165, 1.54) is 0 Å². The first-order chi connectivity index (χ1) is 8.10. The molecule has 0 amide bonds. The van der Waals surface area contributed by atoms with Crippen LogP contribution in [0, 0.1) is 0 Å². The molecule has 0 aromatic heterocycles. The van der Waals surface area contributed by atoms with Gasteiger partial charge in [-0.15, -0.1) is 0 Å². The third-order valence-electron chi connectivity index (χ3n) is 2.97. The van der Waals surface area contributed by atoms with E-state index in [0.29, 0.717) is 32.7 Å². The van der Waals surface area contributed by atoms with Gasteiger partial charge in [-0.2, -0.15) is 0 Å². The van der Waals surface area contributed by atoms with Crippen molar-refractivity contribution in [3.05, 3.63) is 0 Å². The second-order valence-corrected chi connectivity index (χ2v) is 6.68. The molecule has 102 valence electrons. The topological polar surface area (TPSA) is 64.6 Å². The van der Waals surface area contributed by atoms with Crippen molar-refractivity contribution in [1.29, 1.82) is 0 Å². The van der Waals surface area contributed by atoms with Crippen LogP contribution in [0.3, 0.4) is 0 Å². The van der Waals surface area contributed by atoms with Crippen LogP contribution in [0.5, 0.6) is 0 Å². The van der Waals surface area contributed by atoms with Gasteiger partial charge in [0.25, 0.3) is 0 Å². The molecule has 6 heteroatoms. The summed E-state index contributed by atoms with van der Waals surface area (Å²) >= 11 is 0. The minimum Gasteiger partial charge on any atom is -0.383 e. The molecule has 1 saturated heterocycles. The quantitative estimate of drug-likeness (QED) is 0.712. The van der Waals surface area contributed by atoms with Crippen LogP contribution >= 0.6 is 0 Å². The molecule has 1 heterocycles. The molecule has 0 aromatic carbocycles. The number of rotatable bonds is 7. The highest BCUT2D eigenvalue weighted by Gasteiger charge is 2.29. The Morgan fingerprint density at radius 2 is 2.06 bits per heavy atom. The van der Waals surface area contributed by atoms with Gasteiger partial charge in [-0.05, 0) is 19.4 Å². The van der Waals surface area contributed by atoms with Crippen molar-refractivity contribution in [3.63, 3.8) is 0 Å². The van der Waals surface area contributed by atoms with E-state index in [4.69, 9.17) is 9.47 Å². The molecule has 1 atom stereocenters. The van der Waals surface area contributed by atoms with Gasteiger partial charge in [0.1, 0.15) is 0 Å². The summed E-state index contributed by atoms with van der Waals surface area (Å²) in [5, 5.41) is 2.90. The Bertz CT molecular complexity index is 293. The van der Waals surface area contributed by atoms with Crippen LogP contribution < -0.4 is 5.32 Å². The second-order valence-electron chi connectivity index (χ2n) is 4.35. The molecule has 0 aliphatic carbocycles. The van der Waals surface area contributed by atoms with Crippen LogP contribution in [0.25, 0.3) is 0 Å². The van der Waals surface area contributed by atoms with Gasteiger partial charge >= 0.3 is 0 Å². The zero-order valence-electron chi connectivity index (χ0n) is 10.6. The van der Waals surface area contributed by atoms with Crippen LogP contribution in [0.4, 0.5) is 0 Å². The van der Waals surface area contributed by atoms with Gasteiger partial charge < -0.3 is 14.8 Å². The first-order valence-electron chi connectivity index (χ1n) is 6.11. The fraction of sp³-hybridized carbons (Fsp3) is 1.00. The largest absolute Gasteiger partial charge is 0.383 e. The molecule has 1 aliphatic rings. The number of likely N-dealkylation sites (N-methyl/N-ethyl adjacent to an activating group) is 1. The molecule has 0 radical (unpaired) electrons. The summed E-state index contributed by atoms with van der Waals surface area (Å²) in [4.78, 5) is 0. The van der Waals surface area contributed by atoms with Crippen molar-refractivity contribution in [2.75, 3.05) is 39.2 Å². The highest BCUT2D eigenvalue weighted by Crippen LogP contribution is 2.17. The standard InChI is InChI=1S/C11H23NO4S/c1-3-12-10(8-15-2)9-17(13,14)11-4-6-16-7-5-11/h10-12H,3-9H2,1-2H3. The van der Waals surface area contributed by atoms with Gasteiger partial charge in [-0.1, -0.05) is 6.92 Å². The van der Waals surface area contributed by atoms with Crippen molar-refractivity contribution in [2.45, 2.75) is 31.1 Å². The second kappa shape index (κ2) is 7.31. The van der Waals surface area contributed by atoms with Crippen molar-refractivity contribution in [1.82, 2.24) is 5.32 Å². The Kier molecular flexibility index (Phi) is 6.40. The summed E-state index contributed by atoms with van der Waals surface area (Å²) < 4.78 is 34.6. The molecular weight excluding hydrogens is 242 g/mol. The van der Waals surface area contributed by atoms with Crippen molar-refractivity contribution in [3.8, 4) is 0 Å². The third-order valence-corrected chi connectivity index (χ3v) is 5.32. The summed E-state index contributed by atoms with van der Waals surface area (Å²) in [7, 11) is -1.46. The number of hydrogen-bond donors (Lipinski definition) is 1.